The monoisotopic (exact) mass is 384 g/mol. The van der Waals surface area contributed by atoms with E-state index in [4.69, 9.17) is 9.47 Å². The molecule has 0 saturated carbocycles. The molecule has 1 aromatic carbocycles. The third kappa shape index (κ3) is 4.72. The topological polar surface area (TPSA) is 131 Å². The highest BCUT2D eigenvalue weighted by molar-refractivity contribution is 7.91. The molecule has 0 bridgehead atoms. The number of rotatable bonds is 7. The zero-order valence-electron chi connectivity index (χ0n) is 14.4. The highest BCUT2D eigenvalue weighted by Crippen LogP contribution is 2.32. The maximum absolute atomic E-state index is 11.9. The third-order valence-corrected chi connectivity index (χ3v) is 5.82. The van der Waals surface area contributed by atoms with Gasteiger partial charge < -0.3 is 14.6 Å². The predicted octanol–water partition coefficient (Wildman–Crippen LogP) is 0.677. The second-order valence-corrected chi connectivity index (χ2v) is 8.07. The number of nitrogens with zero attached hydrogens (tertiary/aromatic N) is 1. The number of hydrogen-bond acceptors (Lipinski definition) is 7. The molecule has 0 radical (unpaired) electrons. The minimum Gasteiger partial charge on any atom is -0.493 e. The lowest BCUT2D eigenvalue weighted by atomic mass is 10.1. The van der Waals surface area contributed by atoms with E-state index in [1.54, 1.807) is 0 Å². The van der Waals surface area contributed by atoms with Crippen molar-refractivity contribution in [3.8, 4) is 11.5 Å². The summed E-state index contributed by atoms with van der Waals surface area (Å²) in [6.07, 6.45) is 1.70. The number of nitrogens with one attached hydrogen (secondary N) is 1. The molecule has 1 aliphatic rings. The van der Waals surface area contributed by atoms with Crippen LogP contribution in [0.4, 0.5) is 0 Å². The number of sulfone groups is 1. The Bertz CT molecular complexity index is 833. The van der Waals surface area contributed by atoms with Crippen LogP contribution >= 0.6 is 0 Å². The Morgan fingerprint density at radius 1 is 1.35 bits per heavy atom. The van der Waals surface area contributed by atoms with E-state index < -0.39 is 21.7 Å². The van der Waals surface area contributed by atoms with Gasteiger partial charge in [0.25, 0.3) is 0 Å². The van der Waals surface area contributed by atoms with E-state index in [0.29, 0.717) is 6.42 Å². The molecule has 1 amide bonds. The predicted molar refractivity (Wildman–Crippen MR) is 93.6 cm³/mol. The number of amides is 1. The maximum atomic E-state index is 11.9. The number of aromatic carboxylic acids is 1. The van der Waals surface area contributed by atoms with E-state index in [2.05, 4.69) is 10.5 Å². The molecule has 9 nitrogen and oxygen atoms in total. The van der Waals surface area contributed by atoms with Crippen molar-refractivity contribution in [2.45, 2.75) is 12.8 Å². The smallest absolute Gasteiger partial charge is 0.340 e. The van der Waals surface area contributed by atoms with Gasteiger partial charge in [0, 0.05) is 12.0 Å². The Morgan fingerprint density at radius 2 is 2.08 bits per heavy atom. The standard InChI is InChI=1S/C16H20N2O7S/c1-24-12-4-3-11(14(16(20)21)15(12)25-2)8-17-18-13(19)7-10-5-6-26(22,23)9-10/h3-4,8,10H,5-7,9H2,1-2H3,(H,18,19)(H,20,21)/b17-8-/t10-/m0/s1. The van der Waals surface area contributed by atoms with Crippen LogP contribution in [0.1, 0.15) is 28.8 Å². The molecule has 1 aromatic rings. The summed E-state index contributed by atoms with van der Waals surface area (Å²) in [5.74, 6) is -1.47. The quantitative estimate of drug-likeness (QED) is 0.522. The Hall–Kier alpha value is -2.62. The number of carbonyl (C=O) groups is 2. The molecule has 0 unspecified atom stereocenters. The van der Waals surface area contributed by atoms with Gasteiger partial charge in [-0.2, -0.15) is 5.10 Å². The van der Waals surface area contributed by atoms with E-state index in [-0.39, 0.29) is 46.5 Å². The second kappa shape index (κ2) is 8.17. The van der Waals surface area contributed by atoms with E-state index in [9.17, 15) is 23.1 Å². The molecule has 10 heteroatoms. The first-order chi connectivity index (χ1) is 12.3. The number of benzene rings is 1. The molecule has 1 saturated heterocycles. The molecule has 2 N–H and O–H groups in total. The van der Waals surface area contributed by atoms with Gasteiger partial charge in [0.2, 0.25) is 5.91 Å². The van der Waals surface area contributed by atoms with Gasteiger partial charge >= 0.3 is 5.97 Å². The summed E-state index contributed by atoms with van der Waals surface area (Å²) < 4.78 is 33.0. The van der Waals surface area contributed by atoms with Crippen molar-refractivity contribution in [2.75, 3.05) is 25.7 Å². The Balaban J connectivity index is 2.08. The van der Waals surface area contributed by atoms with Gasteiger partial charge in [-0.25, -0.2) is 18.6 Å². The lowest BCUT2D eigenvalue weighted by Crippen LogP contribution is -2.21. The molecule has 0 spiro atoms. The van der Waals surface area contributed by atoms with Gasteiger partial charge in [-0.3, -0.25) is 4.79 Å². The molecule has 2 rings (SSSR count). The number of hydrazone groups is 1. The zero-order valence-corrected chi connectivity index (χ0v) is 15.2. The number of ether oxygens (including phenoxy) is 2. The SMILES string of the molecule is COc1ccc(/C=N\NC(=O)C[C@@H]2CCS(=O)(=O)C2)c(C(=O)O)c1OC. The fraction of sp³-hybridized carbons (Fsp3) is 0.438. The minimum absolute atomic E-state index is 0.00295. The summed E-state index contributed by atoms with van der Waals surface area (Å²) in [4.78, 5) is 23.4. The molecule has 26 heavy (non-hydrogen) atoms. The van der Waals surface area contributed by atoms with E-state index in [1.807, 2.05) is 0 Å². The summed E-state index contributed by atoms with van der Waals surface area (Å²) in [5.41, 5.74) is 2.36. The average Bonchev–Trinajstić information content (AvgIpc) is 2.92. The fourth-order valence-corrected chi connectivity index (χ4v) is 4.65. The molecule has 1 fully saturated rings. The number of methoxy groups -OCH3 is 2. The maximum Gasteiger partial charge on any atom is 0.340 e. The van der Waals surface area contributed by atoms with Crippen LogP contribution in [-0.4, -0.2) is 57.3 Å². The van der Waals surface area contributed by atoms with Crippen molar-refractivity contribution in [2.24, 2.45) is 11.0 Å². The Labute approximate surface area is 150 Å². The van der Waals surface area contributed by atoms with Crippen LogP contribution in [0.25, 0.3) is 0 Å². The molecular weight excluding hydrogens is 364 g/mol. The molecule has 0 aromatic heterocycles. The minimum atomic E-state index is -3.04. The normalized spacial score (nSPS) is 18.6. The van der Waals surface area contributed by atoms with Crippen LogP contribution in [0.15, 0.2) is 17.2 Å². The molecule has 142 valence electrons. The van der Waals surface area contributed by atoms with Crippen LogP contribution in [0.5, 0.6) is 11.5 Å². The molecule has 1 heterocycles. The second-order valence-electron chi connectivity index (χ2n) is 5.84. The van der Waals surface area contributed by atoms with Gasteiger partial charge in [0.15, 0.2) is 21.3 Å². The molecule has 1 aliphatic heterocycles. The van der Waals surface area contributed by atoms with Crippen LogP contribution < -0.4 is 14.9 Å². The van der Waals surface area contributed by atoms with Crippen molar-refractivity contribution in [3.63, 3.8) is 0 Å². The van der Waals surface area contributed by atoms with Crippen molar-refractivity contribution in [1.29, 1.82) is 0 Å². The number of hydrogen-bond donors (Lipinski definition) is 2. The molecule has 0 aliphatic carbocycles. The van der Waals surface area contributed by atoms with Crippen LogP contribution in [0.3, 0.4) is 0 Å². The largest absolute Gasteiger partial charge is 0.493 e. The fourth-order valence-electron chi connectivity index (χ4n) is 2.78. The van der Waals surface area contributed by atoms with Gasteiger partial charge in [-0.15, -0.1) is 0 Å². The van der Waals surface area contributed by atoms with Crippen molar-refractivity contribution >= 4 is 27.9 Å². The third-order valence-electron chi connectivity index (χ3n) is 3.99. The van der Waals surface area contributed by atoms with Gasteiger partial charge in [0.05, 0.1) is 31.9 Å². The summed E-state index contributed by atoms with van der Waals surface area (Å²) in [5, 5.41) is 13.2. The first kappa shape index (κ1) is 19.7. The lowest BCUT2D eigenvalue weighted by molar-refractivity contribution is -0.121. The summed E-state index contributed by atoms with van der Waals surface area (Å²) >= 11 is 0. The van der Waals surface area contributed by atoms with Gasteiger partial charge in [-0.05, 0) is 24.5 Å². The Morgan fingerprint density at radius 3 is 2.62 bits per heavy atom. The lowest BCUT2D eigenvalue weighted by Gasteiger charge is -2.12. The number of carboxylic acid groups (broad SMARTS) is 1. The number of carbonyl (C=O) groups excluding carboxylic acids is 1. The van der Waals surface area contributed by atoms with Crippen molar-refractivity contribution in [3.05, 3.63) is 23.3 Å². The number of carboxylic acids is 1. The van der Waals surface area contributed by atoms with Gasteiger partial charge in [-0.1, -0.05) is 0 Å². The van der Waals surface area contributed by atoms with E-state index in [0.717, 1.165) is 0 Å². The van der Waals surface area contributed by atoms with Crippen molar-refractivity contribution < 1.29 is 32.6 Å². The zero-order chi connectivity index (χ0) is 19.3. The summed E-state index contributed by atoms with van der Waals surface area (Å²) in [6.45, 7) is 0. The van der Waals surface area contributed by atoms with Crippen LogP contribution in [-0.2, 0) is 14.6 Å². The molecule has 1 atom stereocenters. The van der Waals surface area contributed by atoms with E-state index in [1.165, 1.54) is 32.6 Å². The molecular formula is C16H20N2O7S. The average molecular weight is 384 g/mol. The Kier molecular flexibility index (Phi) is 6.19. The first-order valence-corrected chi connectivity index (χ1v) is 9.60. The van der Waals surface area contributed by atoms with E-state index >= 15 is 0 Å². The highest BCUT2D eigenvalue weighted by atomic mass is 32.2. The summed E-state index contributed by atoms with van der Waals surface area (Å²) in [6, 6.07) is 3.00. The van der Waals surface area contributed by atoms with Crippen LogP contribution in [0, 0.1) is 5.92 Å². The van der Waals surface area contributed by atoms with Crippen molar-refractivity contribution in [1.82, 2.24) is 5.43 Å². The highest BCUT2D eigenvalue weighted by Gasteiger charge is 2.29. The summed E-state index contributed by atoms with van der Waals surface area (Å²) in [7, 11) is -0.332. The van der Waals surface area contributed by atoms with Crippen LogP contribution in [0.2, 0.25) is 0 Å². The van der Waals surface area contributed by atoms with Gasteiger partial charge in [0.1, 0.15) is 5.56 Å². The first-order valence-electron chi connectivity index (χ1n) is 7.78.